The summed E-state index contributed by atoms with van der Waals surface area (Å²) in [6.07, 6.45) is 9.01. The molecule has 2 aromatic heterocycles. The van der Waals surface area contributed by atoms with E-state index in [1.54, 1.807) is 0 Å². The Balaban J connectivity index is 1.66. The van der Waals surface area contributed by atoms with E-state index in [1.807, 2.05) is 76.4 Å². The van der Waals surface area contributed by atoms with Gasteiger partial charge in [0.05, 0.1) is 12.1 Å². The Morgan fingerprint density at radius 1 is 0.774 bits per heavy atom. The van der Waals surface area contributed by atoms with Crippen LogP contribution in [-0.2, 0) is 27.2 Å². The number of nitrogens with two attached hydrogens (primary N) is 4. The molecule has 0 aliphatic heterocycles. The van der Waals surface area contributed by atoms with Crippen molar-refractivity contribution in [3.05, 3.63) is 65.5 Å². The second kappa shape index (κ2) is 24.3. The van der Waals surface area contributed by atoms with Crippen molar-refractivity contribution in [3.63, 3.8) is 0 Å². The van der Waals surface area contributed by atoms with E-state index in [-0.39, 0.29) is 36.6 Å². The van der Waals surface area contributed by atoms with Gasteiger partial charge in [-0.2, -0.15) is 0 Å². The molecule has 0 aliphatic carbocycles. The number of aromatic nitrogens is 2. The summed E-state index contributed by atoms with van der Waals surface area (Å²) in [6.45, 7) is 8.97. The Bertz CT molecular complexity index is 2150. The number of aryl methyl sites for hydroxylation is 1. The number of ether oxygens (including phenoxy) is 1. The van der Waals surface area contributed by atoms with Crippen molar-refractivity contribution in [2.45, 2.75) is 116 Å². The molecule has 4 atom stereocenters. The van der Waals surface area contributed by atoms with Gasteiger partial charge in [-0.3, -0.25) is 24.4 Å². The number of guanidine groups is 2. The van der Waals surface area contributed by atoms with E-state index in [2.05, 4.69) is 35.9 Å². The lowest BCUT2D eigenvalue weighted by molar-refractivity contribution is -0.143. The van der Waals surface area contributed by atoms with Gasteiger partial charge in [0, 0.05) is 42.0 Å². The first kappa shape index (κ1) is 48.4. The predicted octanol–water partition coefficient (Wildman–Crippen LogP) is 4.34. The average molecular weight is 858 g/mol. The maximum atomic E-state index is 14.7. The first-order valence-electron chi connectivity index (χ1n) is 21.8. The topological polar surface area (TPSA) is 294 Å². The van der Waals surface area contributed by atoms with Crippen molar-refractivity contribution in [1.29, 1.82) is 0 Å². The molecule has 0 spiro atoms. The molecule has 3 amide bonds. The Labute approximate surface area is 363 Å². The number of benzene rings is 2. The zero-order valence-electron chi connectivity index (χ0n) is 36.6. The normalized spacial score (nSPS) is 13.2. The maximum Gasteiger partial charge on any atom is 0.326 e. The lowest BCUT2D eigenvalue weighted by Crippen LogP contribution is -2.58. The number of carbonyl (C=O) groups is 4. The zero-order chi connectivity index (χ0) is 45.2. The molecular weight excluding hydrogens is 791 g/mol. The Kier molecular flexibility index (Phi) is 18.9. The number of aliphatic carboxylic acids is 1. The van der Waals surface area contributed by atoms with E-state index in [9.17, 15) is 24.3 Å². The Morgan fingerprint density at radius 3 is 2.10 bits per heavy atom. The van der Waals surface area contributed by atoms with Gasteiger partial charge in [0.2, 0.25) is 11.8 Å². The first-order valence-corrected chi connectivity index (χ1v) is 21.8. The smallest absolute Gasteiger partial charge is 0.326 e. The molecule has 4 aromatic rings. The number of carbonyl (C=O) groups excluding carboxylic acids is 3. The van der Waals surface area contributed by atoms with Crippen molar-refractivity contribution in [1.82, 2.24) is 25.9 Å². The minimum absolute atomic E-state index is 0.00443. The quantitative estimate of drug-likeness (QED) is 0.0230. The number of carboxylic acid groups (broad SMARTS) is 1. The highest BCUT2D eigenvalue weighted by Crippen LogP contribution is 2.32. The highest BCUT2D eigenvalue weighted by atomic mass is 16.5. The number of para-hydroxylation sites is 2. The summed E-state index contributed by atoms with van der Waals surface area (Å²) in [5.74, 6) is -2.46. The summed E-state index contributed by atoms with van der Waals surface area (Å²) >= 11 is 0. The Hall–Kier alpha value is -6.26. The number of fused-ring (bicyclic) bond motifs is 2. The minimum Gasteiger partial charge on any atom is -0.491 e. The minimum atomic E-state index is -1.15. The van der Waals surface area contributed by atoms with Crippen LogP contribution in [0, 0.1) is 11.8 Å². The van der Waals surface area contributed by atoms with Gasteiger partial charge in [0.25, 0.3) is 5.91 Å². The molecule has 2 heterocycles. The average Bonchev–Trinajstić information content (AvgIpc) is 3.82. The zero-order valence-corrected chi connectivity index (χ0v) is 36.6. The van der Waals surface area contributed by atoms with Crippen molar-refractivity contribution >= 4 is 57.4 Å². The van der Waals surface area contributed by atoms with Crippen molar-refractivity contribution in [2.75, 3.05) is 19.7 Å². The van der Waals surface area contributed by atoms with E-state index in [0.717, 1.165) is 72.4 Å². The molecule has 2 aromatic carbocycles. The molecule has 0 bridgehead atoms. The van der Waals surface area contributed by atoms with Gasteiger partial charge >= 0.3 is 5.97 Å². The fourth-order valence-corrected chi connectivity index (χ4v) is 7.45. The van der Waals surface area contributed by atoms with Crippen LogP contribution < -0.4 is 43.6 Å². The van der Waals surface area contributed by atoms with Crippen LogP contribution in [-0.4, -0.2) is 88.5 Å². The second-order valence-corrected chi connectivity index (χ2v) is 16.3. The first-order chi connectivity index (χ1) is 29.7. The number of nitrogens with one attached hydrogen (secondary N) is 5. The van der Waals surface area contributed by atoms with Crippen LogP contribution in [0.2, 0.25) is 0 Å². The van der Waals surface area contributed by atoms with Gasteiger partial charge in [-0.15, -0.1) is 0 Å². The van der Waals surface area contributed by atoms with Gasteiger partial charge in [-0.1, -0.05) is 77.3 Å². The molecule has 0 saturated carbocycles. The highest BCUT2D eigenvalue weighted by Gasteiger charge is 2.34. The number of aromatic amines is 2. The number of rotatable bonds is 27. The number of amides is 3. The van der Waals surface area contributed by atoms with Gasteiger partial charge in [0.15, 0.2) is 11.9 Å². The maximum absolute atomic E-state index is 14.7. The number of carboxylic acids is 1. The lowest BCUT2D eigenvalue weighted by Gasteiger charge is -2.28. The Morgan fingerprint density at radius 2 is 1.44 bits per heavy atom. The summed E-state index contributed by atoms with van der Waals surface area (Å²) in [4.78, 5) is 69.7. The summed E-state index contributed by atoms with van der Waals surface area (Å²) in [6, 6.07) is 10.1. The number of hydrogen-bond acceptors (Lipinski definition) is 7. The SMILES string of the molecule is CC[C@H](C)[C@H](NC(=O)[C@H](Cc1c[nH]c2ccccc12)NC(=O)c1[nH]c2c(OCCCCCN=C(N)N)cccc2c1CCCCCCN=C(N)N)C(=O)N[C@@H](CC(C)C)C(=O)O. The number of nitrogens with zero attached hydrogens (tertiary/aromatic N) is 2. The highest BCUT2D eigenvalue weighted by molar-refractivity contribution is 6.04. The van der Waals surface area contributed by atoms with E-state index < -0.39 is 41.8 Å². The summed E-state index contributed by atoms with van der Waals surface area (Å²) in [7, 11) is 0. The molecule has 0 unspecified atom stereocenters. The third-order valence-electron chi connectivity index (χ3n) is 10.9. The molecule has 338 valence electrons. The van der Waals surface area contributed by atoms with Crippen LogP contribution in [0.25, 0.3) is 21.8 Å². The molecule has 17 heteroatoms. The standard InChI is InChI=1S/C45H67N11O6/c1-5-28(4)37(41(58)54-35(43(60)61)24-27(2)3)56-40(57)34(25-29-26-52-33-19-11-10-16-30(29)33)53-42(59)39-32(17-9-6-7-12-21-50-44(46)47)31-18-15-20-36(38(31)55-39)62-23-14-8-13-22-51-45(48)49/h10-11,15-16,18-20,26-28,34-35,37,52,55H,5-9,12-14,17,21-25H2,1-4H3,(H,53,59)(H,54,58)(H,56,57)(H,60,61)(H4,46,47,50)(H4,48,49,51)/t28-,34-,35-,37-/m0/s1. The molecule has 0 fully saturated rings. The molecule has 0 radical (unpaired) electrons. The van der Waals surface area contributed by atoms with Gasteiger partial charge in [-0.05, 0) is 80.0 Å². The second-order valence-electron chi connectivity index (χ2n) is 16.3. The van der Waals surface area contributed by atoms with Gasteiger partial charge < -0.3 is 58.7 Å². The summed E-state index contributed by atoms with van der Waals surface area (Å²) in [5.41, 5.74) is 25.3. The third kappa shape index (κ3) is 14.4. The fourth-order valence-electron chi connectivity index (χ4n) is 7.45. The molecule has 0 saturated heterocycles. The molecular formula is C45H67N11O6. The third-order valence-corrected chi connectivity index (χ3v) is 10.9. The number of hydrogen-bond donors (Lipinski definition) is 10. The van der Waals surface area contributed by atoms with E-state index in [0.29, 0.717) is 49.5 Å². The van der Waals surface area contributed by atoms with Gasteiger partial charge in [0.1, 0.15) is 29.6 Å². The summed E-state index contributed by atoms with van der Waals surface area (Å²) in [5, 5.41) is 20.2. The van der Waals surface area contributed by atoms with Crippen LogP contribution in [0.1, 0.15) is 107 Å². The molecule has 0 aliphatic rings. The van der Waals surface area contributed by atoms with Gasteiger partial charge in [-0.25, -0.2) is 4.79 Å². The monoisotopic (exact) mass is 858 g/mol. The van der Waals surface area contributed by atoms with Crippen LogP contribution in [0.4, 0.5) is 0 Å². The van der Waals surface area contributed by atoms with Crippen molar-refractivity contribution in [2.24, 2.45) is 44.8 Å². The predicted molar refractivity (Wildman–Crippen MR) is 245 cm³/mol. The van der Waals surface area contributed by atoms with Crippen molar-refractivity contribution < 1.29 is 29.0 Å². The van der Waals surface area contributed by atoms with E-state index in [1.165, 1.54) is 0 Å². The molecule has 62 heavy (non-hydrogen) atoms. The van der Waals surface area contributed by atoms with Crippen LogP contribution in [0.15, 0.2) is 58.6 Å². The number of H-pyrrole nitrogens is 2. The molecule has 4 rings (SSSR count). The van der Waals surface area contributed by atoms with Crippen LogP contribution in [0.5, 0.6) is 5.75 Å². The molecule has 17 nitrogen and oxygen atoms in total. The van der Waals surface area contributed by atoms with Crippen LogP contribution >= 0.6 is 0 Å². The van der Waals surface area contributed by atoms with E-state index >= 15 is 0 Å². The van der Waals surface area contributed by atoms with Crippen LogP contribution in [0.3, 0.4) is 0 Å². The van der Waals surface area contributed by atoms with Crippen molar-refractivity contribution in [3.8, 4) is 5.75 Å². The summed E-state index contributed by atoms with van der Waals surface area (Å²) < 4.78 is 6.25. The number of aliphatic imine (C=N–C) groups is 2. The lowest BCUT2D eigenvalue weighted by atomic mass is 9.96. The molecule has 14 N–H and O–H groups in total. The largest absolute Gasteiger partial charge is 0.491 e. The number of unbranched alkanes of at least 4 members (excludes halogenated alkanes) is 5. The van der Waals surface area contributed by atoms with E-state index in [4.69, 9.17) is 27.7 Å². The fraction of sp³-hybridized carbons (Fsp3) is 0.511.